The Morgan fingerprint density at radius 3 is 2.48 bits per heavy atom. The van der Waals surface area contributed by atoms with E-state index < -0.39 is 8.32 Å². The van der Waals surface area contributed by atoms with Crippen molar-refractivity contribution in [3.8, 4) is 0 Å². The summed E-state index contributed by atoms with van der Waals surface area (Å²) in [5.74, 6) is 0. The van der Waals surface area contributed by atoms with E-state index in [4.69, 9.17) is 10.2 Å². The lowest BCUT2D eigenvalue weighted by molar-refractivity contribution is 0.277. The molecule has 3 nitrogen and oxygen atoms in total. The summed E-state index contributed by atoms with van der Waals surface area (Å²) in [6.07, 6.45) is 4.49. The van der Waals surface area contributed by atoms with Gasteiger partial charge < -0.3 is 10.2 Å². The summed E-state index contributed by atoms with van der Waals surface area (Å²) in [7, 11) is -1.57. The number of nitrogens with zero attached hydrogens (tertiary/aromatic N) is 1. The highest BCUT2D eigenvalue weighted by molar-refractivity contribution is 7.09. The van der Waals surface area contributed by atoms with Crippen molar-refractivity contribution >= 4 is 19.7 Å². The van der Waals surface area contributed by atoms with Crippen molar-refractivity contribution in [3.63, 3.8) is 0 Å². The van der Waals surface area contributed by atoms with E-state index in [1.807, 2.05) is 6.92 Å². The zero-order valence-corrected chi connectivity index (χ0v) is 16.3. The number of aryl methyl sites for hydroxylation is 1. The highest BCUT2D eigenvalue weighted by atomic mass is 32.1. The van der Waals surface area contributed by atoms with Crippen molar-refractivity contribution in [3.05, 3.63) is 16.1 Å². The molecule has 0 aromatic carbocycles. The number of nitrogens with two attached hydrogens (primary N) is 1. The molecule has 5 heteroatoms. The lowest BCUT2D eigenvalue weighted by atomic mass is 10.1. The largest absolute Gasteiger partial charge is 0.417 e. The first kappa shape index (κ1) is 18.8. The van der Waals surface area contributed by atoms with E-state index in [-0.39, 0.29) is 6.04 Å². The first-order chi connectivity index (χ1) is 9.63. The third-order valence-electron chi connectivity index (χ3n) is 4.45. The van der Waals surface area contributed by atoms with Crippen molar-refractivity contribution in [2.75, 3.05) is 6.61 Å². The predicted octanol–water partition coefficient (Wildman–Crippen LogP) is 5.03. The fourth-order valence-corrected chi connectivity index (χ4v) is 3.65. The summed E-state index contributed by atoms with van der Waals surface area (Å²) < 4.78 is 6.19. The summed E-state index contributed by atoms with van der Waals surface area (Å²) in [4.78, 5) is 4.46. The normalized spacial score (nSPS) is 14.4. The smallest absolute Gasteiger partial charge is 0.191 e. The summed E-state index contributed by atoms with van der Waals surface area (Å²) in [6.45, 7) is 14.4. The van der Waals surface area contributed by atoms with E-state index in [9.17, 15) is 0 Å². The molecule has 1 aromatic heterocycles. The van der Waals surface area contributed by atoms with Gasteiger partial charge in [-0.15, -0.1) is 11.3 Å². The molecule has 122 valence electrons. The van der Waals surface area contributed by atoms with Crippen molar-refractivity contribution in [2.45, 2.75) is 77.6 Å². The molecule has 0 radical (unpaired) electrons. The molecule has 1 aromatic rings. The van der Waals surface area contributed by atoms with Gasteiger partial charge in [0.15, 0.2) is 8.32 Å². The van der Waals surface area contributed by atoms with Gasteiger partial charge in [0.05, 0.1) is 10.7 Å². The molecule has 1 atom stereocenters. The van der Waals surface area contributed by atoms with Crippen LogP contribution in [0.15, 0.2) is 5.38 Å². The lowest BCUT2D eigenvalue weighted by Crippen LogP contribution is -2.40. The van der Waals surface area contributed by atoms with Gasteiger partial charge in [0.1, 0.15) is 0 Å². The van der Waals surface area contributed by atoms with E-state index in [1.165, 1.54) is 6.42 Å². The molecule has 0 bridgehead atoms. The molecule has 1 unspecified atom stereocenters. The Labute approximate surface area is 135 Å². The van der Waals surface area contributed by atoms with Gasteiger partial charge in [-0.25, -0.2) is 4.98 Å². The molecule has 1 rings (SSSR count). The van der Waals surface area contributed by atoms with Crippen LogP contribution in [0.3, 0.4) is 0 Å². The molecule has 1 heterocycles. The Kier molecular flexibility index (Phi) is 7.04. The molecule has 0 spiro atoms. The predicted molar refractivity (Wildman–Crippen MR) is 95.4 cm³/mol. The number of rotatable bonds is 8. The number of aromatic nitrogens is 1. The Hall–Kier alpha value is -0.233. The lowest BCUT2D eigenvalue weighted by Gasteiger charge is -2.36. The fraction of sp³-hybridized carbons (Fsp3) is 0.812. The van der Waals surface area contributed by atoms with Crippen molar-refractivity contribution < 1.29 is 4.43 Å². The topological polar surface area (TPSA) is 48.1 Å². The third-order valence-corrected chi connectivity index (χ3v) is 9.78. The highest BCUT2D eigenvalue weighted by Crippen LogP contribution is 2.36. The molecule has 0 fully saturated rings. The standard InChI is InChI=1S/C16H32N2OSSi/c1-13-18-15(12-20-13)14(17)10-8-7-9-11-19-21(5,6)16(2,3)4/h12,14H,7-11,17H2,1-6H3. The maximum absolute atomic E-state index is 6.19. The monoisotopic (exact) mass is 328 g/mol. The summed E-state index contributed by atoms with van der Waals surface area (Å²) in [5.41, 5.74) is 7.22. The van der Waals surface area contributed by atoms with Gasteiger partial charge >= 0.3 is 0 Å². The highest BCUT2D eigenvalue weighted by Gasteiger charge is 2.36. The van der Waals surface area contributed by atoms with Gasteiger partial charge in [-0.2, -0.15) is 0 Å². The zero-order valence-electron chi connectivity index (χ0n) is 14.5. The third kappa shape index (κ3) is 6.18. The minimum Gasteiger partial charge on any atom is -0.417 e. The maximum Gasteiger partial charge on any atom is 0.191 e. The van der Waals surface area contributed by atoms with Crippen LogP contribution in [0.4, 0.5) is 0 Å². The number of hydrogen-bond acceptors (Lipinski definition) is 4. The minimum absolute atomic E-state index is 0.0938. The molecule has 2 N–H and O–H groups in total. The van der Waals surface area contributed by atoms with Crippen LogP contribution >= 0.6 is 11.3 Å². The molecule has 0 aliphatic rings. The quantitative estimate of drug-likeness (QED) is 0.537. The van der Waals surface area contributed by atoms with Gasteiger partial charge in [0.2, 0.25) is 0 Å². The van der Waals surface area contributed by atoms with Crippen LogP contribution < -0.4 is 5.73 Å². The van der Waals surface area contributed by atoms with Crippen LogP contribution in [-0.4, -0.2) is 19.9 Å². The maximum atomic E-state index is 6.19. The number of hydrogen-bond donors (Lipinski definition) is 1. The molecule has 0 aliphatic carbocycles. The van der Waals surface area contributed by atoms with Gasteiger partial charge in [-0.3, -0.25) is 0 Å². The van der Waals surface area contributed by atoms with Crippen LogP contribution in [0.1, 0.15) is 63.2 Å². The molecular formula is C16H32N2OSSi. The van der Waals surface area contributed by atoms with E-state index in [0.717, 1.165) is 36.6 Å². The van der Waals surface area contributed by atoms with E-state index in [2.05, 4.69) is 44.2 Å². The summed E-state index contributed by atoms with van der Waals surface area (Å²) in [5, 5.41) is 3.49. The van der Waals surface area contributed by atoms with Crippen LogP contribution in [0.5, 0.6) is 0 Å². The first-order valence-corrected chi connectivity index (χ1v) is 11.7. The van der Waals surface area contributed by atoms with Crippen LogP contribution in [0.2, 0.25) is 18.1 Å². The van der Waals surface area contributed by atoms with E-state index in [0.29, 0.717) is 5.04 Å². The molecule has 0 aliphatic heterocycles. The Bertz CT molecular complexity index is 426. The average Bonchev–Trinajstić information content (AvgIpc) is 2.78. The number of unbranched alkanes of at least 4 members (excludes halogenated alkanes) is 2. The number of thiazole rings is 1. The average molecular weight is 329 g/mol. The second-order valence-electron chi connectivity index (χ2n) is 7.36. The van der Waals surface area contributed by atoms with Gasteiger partial charge in [-0.05, 0) is 37.9 Å². The molecular weight excluding hydrogens is 296 g/mol. The van der Waals surface area contributed by atoms with Gasteiger partial charge in [0, 0.05) is 18.0 Å². The SMILES string of the molecule is Cc1nc(C(N)CCCCCO[Si](C)(C)C(C)(C)C)cs1. The summed E-state index contributed by atoms with van der Waals surface area (Å²) in [6, 6.07) is 0.0938. The van der Waals surface area contributed by atoms with Crippen molar-refractivity contribution in [1.82, 2.24) is 4.98 Å². The summed E-state index contributed by atoms with van der Waals surface area (Å²) >= 11 is 1.68. The Balaban J connectivity index is 2.15. The van der Waals surface area contributed by atoms with E-state index in [1.54, 1.807) is 11.3 Å². The molecule has 21 heavy (non-hydrogen) atoms. The fourth-order valence-electron chi connectivity index (χ4n) is 1.89. The zero-order chi connectivity index (χ0) is 16.1. The Morgan fingerprint density at radius 1 is 1.29 bits per heavy atom. The Morgan fingerprint density at radius 2 is 1.95 bits per heavy atom. The van der Waals surface area contributed by atoms with Crippen molar-refractivity contribution in [1.29, 1.82) is 0 Å². The second kappa shape index (κ2) is 7.86. The molecule has 0 saturated heterocycles. The first-order valence-electron chi connectivity index (χ1n) is 7.95. The van der Waals surface area contributed by atoms with Crippen LogP contribution in [-0.2, 0) is 4.43 Å². The van der Waals surface area contributed by atoms with Crippen LogP contribution in [0.25, 0.3) is 0 Å². The van der Waals surface area contributed by atoms with E-state index >= 15 is 0 Å². The second-order valence-corrected chi connectivity index (χ2v) is 13.2. The van der Waals surface area contributed by atoms with Crippen LogP contribution in [0, 0.1) is 6.92 Å². The van der Waals surface area contributed by atoms with Gasteiger partial charge in [-0.1, -0.05) is 33.6 Å². The van der Waals surface area contributed by atoms with Gasteiger partial charge in [0.25, 0.3) is 0 Å². The van der Waals surface area contributed by atoms with Crippen molar-refractivity contribution in [2.24, 2.45) is 5.73 Å². The molecule has 0 amide bonds. The molecule has 0 saturated carbocycles. The minimum atomic E-state index is -1.57.